The van der Waals surface area contributed by atoms with Gasteiger partial charge in [-0.15, -0.1) is 0 Å². The van der Waals surface area contributed by atoms with Gasteiger partial charge in [-0.3, -0.25) is 4.90 Å². The van der Waals surface area contributed by atoms with Crippen LogP contribution in [0.3, 0.4) is 0 Å². The molecule has 6 rings (SSSR count). The van der Waals surface area contributed by atoms with Gasteiger partial charge in [0.05, 0.1) is 0 Å². The molecule has 35 heavy (non-hydrogen) atoms. The van der Waals surface area contributed by atoms with E-state index in [0.717, 1.165) is 6.54 Å². The van der Waals surface area contributed by atoms with Crippen LogP contribution in [0.5, 0.6) is 0 Å². The first-order valence-electron chi connectivity index (χ1n) is 12.5. The van der Waals surface area contributed by atoms with Crippen LogP contribution in [-0.4, -0.2) is 17.0 Å². The summed E-state index contributed by atoms with van der Waals surface area (Å²) in [4.78, 5) is 2.69. The van der Waals surface area contributed by atoms with Crippen molar-refractivity contribution in [2.24, 2.45) is 0 Å². The molecule has 2 saturated carbocycles. The fourth-order valence-corrected chi connectivity index (χ4v) is 8.16. The molecule has 2 atom stereocenters. The number of benzene rings is 3. The van der Waals surface area contributed by atoms with Crippen molar-refractivity contribution in [1.82, 2.24) is 4.90 Å². The number of hydrogen-bond donors (Lipinski definition) is 0. The normalized spacial score (nSPS) is 24.5. The Balaban J connectivity index is 1.39. The molecule has 3 aromatic rings. The number of hydrogen-bond acceptors (Lipinski definition) is 1. The molecule has 1 aliphatic heterocycles. The van der Waals surface area contributed by atoms with E-state index in [0.29, 0.717) is 12.1 Å². The summed E-state index contributed by atoms with van der Waals surface area (Å²) < 4.78 is 0. The van der Waals surface area contributed by atoms with Crippen LogP contribution in [-0.2, 0) is 6.54 Å². The summed E-state index contributed by atoms with van der Waals surface area (Å²) >= 11 is 0. The monoisotopic (exact) mass is 471 g/mol. The molecule has 0 unspecified atom stereocenters. The summed E-state index contributed by atoms with van der Waals surface area (Å²) in [6.45, 7) is 5.67. The average Bonchev–Trinajstić information content (AvgIpc) is 3.57. The van der Waals surface area contributed by atoms with Gasteiger partial charge in [0.2, 0.25) is 0 Å². The first-order valence-corrected chi connectivity index (χ1v) is 13.8. The smallest absolute Gasteiger partial charge is 0.0246 e. The van der Waals surface area contributed by atoms with Crippen molar-refractivity contribution >= 4 is 23.8 Å². The van der Waals surface area contributed by atoms with E-state index in [9.17, 15) is 0 Å². The molecule has 3 aromatic carbocycles. The van der Waals surface area contributed by atoms with Crippen molar-refractivity contribution in [3.05, 3.63) is 153 Å². The van der Waals surface area contributed by atoms with Gasteiger partial charge in [-0.05, 0) is 93.6 Å². The molecule has 3 fully saturated rings. The third-order valence-corrected chi connectivity index (χ3v) is 10.0. The van der Waals surface area contributed by atoms with E-state index in [2.05, 4.69) is 142 Å². The molecule has 1 saturated heterocycles. The number of rotatable bonds is 5. The molecule has 172 valence electrons. The lowest BCUT2D eigenvalue weighted by Crippen LogP contribution is -2.44. The highest BCUT2D eigenvalue weighted by Crippen LogP contribution is 2.55. The Hall–Kier alpha value is -1.95. The molecule has 0 spiro atoms. The van der Waals surface area contributed by atoms with Crippen LogP contribution in [0.2, 0.25) is 0 Å². The minimum Gasteiger partial charge on any atom is -0.292 e. The van der Waals surface area contributed by atoms with E-state index in [1.54, 1.807) is 0 Å². The van der Waals surface area contributed by atoms with Gasteiger partial charge < -0.3 is 0 Å². The van der Waals surface area contributed by atoms with Gasteiger partial charge in [0.1, 0.15) is 0 Å². The second-order valence-corrected chi connectivity index (χ2v) is 11.6. The van der Waals surface area contributed by atoms with Crippen molar-refractivity contribution < 1.29 is 0 Å². The molecule has 0 amide bonds. The quantitative estimate of drug-likeness (QED) is 0.439. The highest BCUT2D eigenvalue weighted by atomic mass is 31.1. The van der Waals surface area contributed by atoms with Crippen LogP contribution < -0.4 is 15.9 Å². The predicted molar refractivity (Wildman–Crippen MR) is 148 cm³/mol. The Morgan fingerprint density at radius 1 is 0.600 bits per heavy atom. The Kier molecular flexibility index (Phi) is 6.83. The summed E-state index contributed by atoms with van der Waals surface area (Å²) in [6.07, 6.45) is 13.6. The molecular formula is C33H30NP. The lowest BCUT2D eigenvalue weighted by Gasteiger charge is -2.38. The highest BCUT2D eigenvalue weighted by Gasteiger charge is 2.51. The van der Waals surface area contributed by atoms with E-state index >= 15 is 0 Å². The van der Waals surface area contributed by atoms with Gasteiger partial charge in [-0.1, -0.05) is 84.9 Å². The van der Waals surface area contributed by atoms with Crippen LogP contribution in [0.25, 0.3) is 0 Å². The molecule has 0 aromatic heterocycles. The van der Waals surface area contributed by atoms with Gasteiger partial charge in [0.15, 0.2) is 0 Å². The Morgan fingerprint density at radius 2 is 1.09 bits per heavy atom. The average molecular weight is 472 g/mol. The number of fused-ring (bicyclic) bond motifs is 3. The fourth-order valence-electron chi connectivity index (χ4n) is 5.69. The molecule has 1 nitrogen and oxygen atoms in total. The van der Waals surface area contributed by atoms with Crippen LogP contribution in [0.1, 0.15) is 19.4 Å². The van der Waals surface area contributed by atoms with Gasteiger partial charge in [0.25, 0.3) is 0 Å². The van der Waals surface area contributed by atoms with Gasteiger partial charge in [-0.2, -0.15) is 0 Å². The van der Waals surface area contributed by atoms with Crippen molar-refractivity contribution in [2.45, 2.75) is 32.5 Å². The van der Waals surface area contributed by atoms with Crippen molar-refractivity contribution in [1.29, 1.82) is 0 Å². The molecule has 0 N–H and O–H groups in total. The van der Waals surface area contributed by atoms with Crippen molar-refractivity contribution in [3.8, 4) is 0 Å². The molecule has 2 aliphatic carbocycles. The lowest BCUT2D eigenvalue weighted by atomic mass is 9.76. The largest absolute Gasteiger partial charge is 0.292 e. The van der Waals surface area contributed by atoms with Gasteiger partial charge in [0, 0.05) is 30.5 Å². The topological polar surface area (TPSA) is 3.24 Å². The maximum Gasteiger partial charge on any atom is 0.0246 e. The third-order valence-electron chi connectivity index (χ3n) is 7.50. The predicted octanol–water partition coefficient (Wildman–Crippen LogP) is 5.59. The summed E-state index contributed by atoms with van der Waals surface area (Å²) in [6, 6.07) is 31.9. The van der Waals surface area contributed by atoms with Crippen molar-refractivity contribution in [2.75, 3.05) is 0 Å². The first-order chi connectivity index (χ1) is 17.2. The first kappa shape index (κ1) is 23.4. The zero-order valence-corrected chi connectivity index (χ0v) is 21.2. The van der Waals surface area contributed by atoms with E-state index in [1.807, 2.05) is 0 Å². The molecule has 2 heteroatoms. The molecular weight excluding hydrogens is 441 g/mol. The second-order valence-electron chi connectivity index (χ2n) is 9.45. The molecule has 0 bridgehead atoms. The Bertz CT molecular complexity index is 1050. The lowest BCUT2D eigenvalue weighted by molar-refractivity contribution is 0.173. The third kappa shape index (κ3) is 4.41. The van der Waals surface area contributed by atoms with Crippen LogP contribution >= 0.6 is 7.92 Å². The Labute approximate surface area is 213 Å². The van der Waals surface area contributed by atoms with Crippen LogP contribution in [0, 0.1) is 62.2 Å². The minimum atomic E-state index is -0.642. The van der Waals surface area contributed by atoms with E-state index in [4.69, 9.17) is 0 Å². The van der Waals surface area contributed by atoms with E-state index in [-0.39, 0.29) is 0 Å². The maximum absolute atomic E-state index is 2.69. The van der Waals surface area contributed by atoms with E-state index < -0.39 is 7.92 Å². The highest BCUT2D eigenvalue weighted by molar-refractivity contribution is 7.79. The number of nitrogens with zero attached hydrogens (tertiary/aromatic N) is 1. The summed E-state index contributed by atoms with van der Waals surface area (Å²) in [7, 11) is -0.642. The zero-order valence-electron chi connectivity index (χ0n) is 20.3. The summed E-state index contributed by atoms with van der Waals surface area (Å²) in [5, 5.41) is 4.25. The van der Waals surface area contributed by atoms with Crippen molar-refractivity contribution in [3.63, 3.8) is 0 Å². The summed E-state index contributed by atoms with van der Waals surface area (Å²) in [5.41, 5.74) is 1.42. The molecule has 1 heterocycles. The van der Waals surface area contributed by atoms with Crippen LogP contribution in [0.15, 0.2) is 84.9 Å². The van der Waals surface area contributed by atoms with Gasteiger partial charge in [-0.25, -0.2) is 0 Å². The molecule has 10 radical (unpaired) electrons. The zero-order chi connectivity index (χ0) is 23.8. The van der Waals surface area contributed by atoms with Gasteiger partial charge >= 0.3 is 0 Å². The minimum absolute atomic E-state index is 0.343. The fraction of sp³-hybridized carbons (Fsp3) is 0.152. The SMILES string of the molecule is C[C@H]1[C]2[CH][CH][CH][C]2[C]2[CH][CH][CH][C]2[C@H](C)N1Cc1ccccc1P(c1ccccc1)c1ccccc1. The number of likely N-dealkylation sites (tertiary alicyclic amines) is 1. The van der Waals surface area contributed by atoms with Crippen LogP contribution in [0.4, 0.5) is 0 Å². The maximum atomic E-state index is 2.69. The van der Waals surface area contributed by atoms with E-state index in [1.165, 1.54) is 45.1 Å². The second kappa shape index (κ2) is 10.2. The molecule has 3 aliphatic rings. The standard InChI is InChI=1S/C33H30NP/c1-24-29-18-11-20-31(29)32-21-12-19-30(32)25(2)34(24)23-26-13-9-10-22-33(26)35(27-14-5-3-6-15-27)28-16-7-4-8-17-28/h3-22,24-25H,23H2,1-2H3/t24-,25-/m0/s1. The Morgan fingerprint density at radius 3 is 1.63 bits per heavy atom. The summed E-state index contributed by atoms with van der Waals surface area (Å²) in [5.74, 6) is 5.67.